The number of hydrogen-bond donors (Lipinski definition) is 1. The largest absolute Gasteiger partial charge is 0.477 e. The third-order valence-corrected chi connectivity index (χ3v) is 6.35. The highest BCUT2D eigenvalue weighted by atomic mass is 79.9. The van der Waals surface area contributed by atoms with E-state index in [1.54, 1.807) is 18.2 Å². The minimum absolute atomic E-state index is 0.0773. The number of ether oxygens (including phenoxy) is 1. The summed E-state index contributed by atoms with van der Waals surface area (Å²) in [5, 5.41) is 18.9. The van der Waals surface area contributed by atoms with Crippen LogP contribution in [0.15, 0.2) is 75.0 Å². The molecule has 1 heterocycles. The highest BCUT2D eigenvalue weighted by Gasteiger charge is 2.18. The first-order valence-electron chi connectivity index (χ1n) is 11.9. The van der Waals surface area contributed by atoms with Gasteiger partial charge in [0.1, 0.15) is 11.6 Å². The van der Waals surface area contributed by atoms with Crippen molar-refractivity contribution in [2.75, 3.05) is 11.9 Å². The molecule has 0 aliphatic rings. The Bertz CT molecular complexity index is 1660. The van der Waals surface area contributed by atoms with E-state index in [2.05, 4.69) is 31.3 Å². The van der Waals surface area contributed by atoms with Crippen LogP contribution < -0.4 is 15.6 Å². The third-order valence-electron chi connectivity index (χ3n) is 5.86. The van der Waals surface area contributed by atoms with Crippen molar-refractivity contribution in [2.24, 2.45) is 5.10 Å². The number of fused-ring (bicyclic) bond motifs is 1. The van der Waals surface area contributed by atoms with Gasteiger partial charge < -0.3 is 10.1 Å². The molecule has 1 N–H and O–H groups in total. The summed E-state index contributed by atoms with van der Waals surface area (Å²) in [7, 11) is 0. The molecule has 200 valence electrons. The van der Waals surface area contributed by atoms with Gasteiger partial charge in [-0.25, -0.2) is 9.37 Å². The average molecular weight is 596 g/mol. The number of hydrogen-bond acceptors (Lipinski definition) is 7. The monoisotopic (exact) mass is 595 g/mol. The molecule has 0 saturated heterocycles. The summed E-state index contributed by atoms with van der Waals surface area (Å²) < 4.78 is 20.6. The molecule has 0 aliphatic heterocycles. The third kappa shape index (κ3) is 6.52. The van der Waals surface area contributed by atoms with Crippen molar-refractivity contribution in [1.82, 2.24) is 9.66 Å². The summed E-state index contributed by atoms with van der Waals surface area (Å²) in [6.07, 6.45) is 2.04. The van der Waals surface area contributed by atoms with Crippen LogP contribution in [-0.2, 0) is 4.79 Å². The molecule has 0 fully saturated rings. The Morgan fingerprint density at radius 3 is 2.77 bits per heavy atom. The number of anilines is 1. The van der Waals surface area contributed by atoms with E-state index >= 15 is 0 Å². The van der Waals surface area contributed by atoms with E-state index in [1.165, 1.54) is 47.3 Å². The molecule has 39 heavy (non-hydrogen) atoms. The summed E-state index contributed by atoms with van der Waals surface area (Å²) in [6.45, 7) is 3.37. The summed E-state index contributed by atoms with van der Waals surface area (Å²) in [5.41, 5.74) is 0.338. The molecule has 0 aliphatic carbocycles. The van der Waals surface area contributed by atoms with Crippen LogP contribution in [0.5, 0.6) is 5.75 Å². The minimum Gasteiger partial charge on any atom is -0.477 e. The number of nitrogens with one attached hydrogen (secondary N) is 1. The second-order valence-electron chi connectivity index (χ2n) is 8.63. The first kappa shape index (κ1) is 27.6. The summed E-state index contributed by atoms with van der Waals surface area (Å²) in [6, 6.07) is 14.6. The summed E-state index contributed by atoms with van der Waals surface area (Å²) in [5.74, 6) is -0.888. The van der Waals surface area contributed by atoms with Gasteiger partial charge in [-0.3, -0.25) is 19.7 Å². The molecule has 0 spiro atoms. The van der Waals surface area contributed by atoms with E-state index in [0.717, 1.165) is 10.5 Å². The van der Waals surface area contributed by atoms with Gasteiger partial charge in [-0.2, -0.15) is 9.78 Å². The number of benzene rings is 3. The zero-order valence-corrected chi connectivity index (χ0v) is 22.5. The van der Waals surface area contributed by atoms with Gasteiger partial charge in [0.05, 0.1) is 22.0 Å². The van der Waals surface area contributed by atoms with Crippen molar-refractivity contribution in [3.05, 3.63) is 103 Å². The second kappa shape index (κ2) is 11.9. The number of halogens is 2. The lowest BCUT2D eigenvalue weighted by Crippen LogP contribution is -2.23. The van der Waals surface area contributed by atoms with Crippen molar-refractivity contribution in [1.29, 1.82) is 0 Å². The van der Waals surface area contributed by atoms with Crippen molar-refractivity contribution in [2.45, 2.75) is 26.2 Å². The molecule has 4 aromatic rings. The Kier molecular flexibility index (Phi) is 8.45. The number of aromatic nitrogens is 2. The van der Waals surface area contributed by atoms with Crippen molar-refractivity contribution in [3.8, 4) is 5.75 Å². The van der Waals surface area contributed by atoms with E-state index in [-0.39, 0.29) is 22.9 Å². The Hall–Kier alpha value is -4.45. The van der Waals surface area contributed by atoms with Crippen LogP contribution in [0.25, 0.3) is 10.9 Å². The molecule has 4 rings (SSSR count). The smallest absolute Gasteiger partial charge is 0.311 e. The van der Waals surface area contributed by atoms with Gasteiger partial charge in [0, 0.05) is 27.7 Å². The van der Waals surface area contributed by atoms with Gasteiger partial charge in [-0.15, -0.1) is 0 Å². The van der Waals surface area contributed by atoms with Crippen molar-refractivity contribution in [3.63, 3.8) is 0 Å². The molecular formula is C27H23BrFN5O5. The first-order chi connectivity index (χ1) is 18.7. The van der Waals surface area contributed by atoms with E-state index in [4.69, 9.17) is 4.74 Å². The fraction of sp³-hybridized carbons (Fsp3) is 0.185. The number of nitrogens with zero attached hydrogens (tertiary/aromatic N) is 4. The number of carbonyl (C=O) groups is 1. The van der Waals surface area contributed by atoms with Gasteiger partial charge in [-0.05, 0) is 55.0 Å². The Balaban J connectivity index is 1.60. The van der Waals surface area contributed by atoms with Gasteiger partial charge in [0.25, 0.3) is 11.5 Å². The van der Waals surface area contributed by atoms with Crippen LogP contribution in [0.4, 0.5) is 15.8 Å². The fourth-order valence-corrected chi connectivity index (χ4v) is 4.05. The first-order valence-corrected chi connectivity index (χ1v) is 12.7. The summed E-state index contributed by atoms with van der Waals surface area (Å²) in [4.78, 5) is 41.1. The highest BCUT2D eigenvalue weighted by Crippen LogP contribution is 2.28. The topological polar surface area (TPSA) is 129 Å². The Morgan fingerprint density at radius 2 is 2.05 bits per heavy atom. The van der Waals surface area contributed by atoms with Crippen LogP contribution in [-0.4, -0.2) is 33.3 Å². The number of carbonyl (C=O) groups excluding carboxylic acids is 1. The molecule has 0 radical (unpaired) electrons. The molecule has 10 nitrogen and oxygen atoms in total. The van der Waals surface area contributed by atoms with E-state index in [1.807, 2.05) is 13.8 Å². The van der Waals surface area contributed by atoms with E-state index in [0.29, 0.717) is 28.7 Å². The van der Waals surface area contributed by atoms with Crippen LogP contribution in [0.2, 0.25) is 0 Å². The van der Waals surface area contributed by atoms with Crippen molar-refractivity contribution < 1.29 is 18.8 Å². The van der Waals surface area contributed by atoms with Gasteiger partial charge in [0.15, 0.2) is 12.4 Å². The molecule has 0 saturated carbocycles. The van der Waals surface area contributed by atoms with E-state index in [9.17, 15) is 24.1 Å². The zero-order valence-electron chi connectivity index (χ0n) is 20.9. The predicted octanol–water partition coefficient (Wildman–Crippen LogP) is 5.62. The molecule has 3 aromatic carbocycles. The fourth-order valence-electron chi connectivity index (χ4n) is 3.69. The number of nitro groups is 1. The number of rotatable bonds is 9. The van der Waals surface area contributed by atoms with Gasteiger partial charge in [0.2, 0.25) is 0 Å². The molecule has 0 unspecified atom stereocenters. The maximum Gasteiger partial charge on any atom is 0.311 e. The average Bonchev–Trinajstić information content (AvgIpc) is 2.91. The quantitative estimate of drug-likeness (QED) is 0.152. The lowest BCUT2D eigenvalue weighted by Gasteiger charge is -2.14. The highest BCUT2D eigenvalue weighted by molar-refractivity contribution is 9.10. The van der Waals surface area contributed by atoms with Gasteiger partial charge in [-0.1, -0.05) is 35.8 Å². The Labute approximate surface area is 230 Å². The van der Waals surface area contributed by atoms with Crippen LogP contribution in [0.3, 0.4) is 0 Å². The standard InChI is InChI=1S/C27H23BrFN5O5/c1-3-16(2)26-32-22-9-8-18(28)12-21(22)27(36)33(26)30-14-17-7-10-24(23(11-17)34(37)38)39-15-25(35)31-20-6-4-5-19(29)13-20/h4-14,16H,3,15H2,1-2H3,(H,31,35)/t16-/m0/s1. The molecular weight excluding hydrogens is 573 g/mol. The summed E-state index contributed by atoms with van der Waals surface area (Å²) >= 11 is 3.37. The van der Waals surface area contributed by atoms with Gasteiger partial charge >= 0.3 is 5.69 Å². The SMILES string of the molecule is CC[C@H](C)c1nc2ccc(Br)cc2c(=O)n1N=Cc1ccc(OCC(=O)Nc2cccc(F)c2)c([N+](=O)[O-])c1. The normalized spacial score (nSPS) is 12.0. The van der Waals surface area contributed by atoms with Crippen LogP contribution in [0.1, 0.15) is 37.6 Å². The lowest BCUT2D eigenvalue weighted by molar-refractivity contribution is -0.385. The molecule has 1 aromatic heterocycles. The second-order valence-corrected chi connectivity index (χ2v) is 9.55. The maximum absolute atomic E-state index is 13.3. The zero-order chi connectivity index (χ0) is 28.1. The lowest BCUT2D eigenvalue weighted by atomic mass is 10.1. The Morgan fingerprint density at radius 1 is 1.26 bits per heavy atom. The number of nitro benzene ring substituents is 1. The van der Waals surface area contributed by atoms with Crippen molar-refractivity contribution >= 4 is 50.3 Å². The molecule has 1 atom stereocenters. The van der Waals surface area contributed by atoms with Crippen LogP contribution in [0, 0.1) is 15.9 Å². The molecule has 0 bridgehead atoms. The molecule has 12 heteroatoms. The number of amides is 1. The van der Waals surface area contributed by atoms with Crippen LogP contribution >= 0.6 is 15.9 Å². The minimum atomic E-state index is -0.650. The predicted molar refractivity (Wildman–Crippen MR) is 149 cm³/mol. The maximum atomic E-state index is 13.3. The molecule has 1 amide bonds. The van der Waals surface area contributed by atoms with E-state index < -0.39 is 28.9 Å².